The summed E-state index contributed by atoms with van der Waals surface area (Å²) in [6.07, 6.45) is 9.14. The second kappa shape index (κ2) is 10.4. The first-order valence-corrected chi connectivity index (χ1v) is 7.76. The monoisotopic (exact) mass is 277 g/mol. The Morgan fingerprint density at radius 3 is 2.20 bits per heavy atom. The van der Waals surface area contributed by atoms with Crippen LogP contribution in [0.5, 0.6) is 0 Å². The van der Waals surface area contributed by atoms with Gasteiger partial charge in [0.2, 0.25) is 5.91 Å². The van der Waals surface area contributed by atoms with Crippen molar-refractivity contribution in [1.29, 1.82) is 0 Å². The molecule has 112 valence electrons. The third-order valence-electron chi connectivity index (χ3n) is 3.43. The Morgan fingerprint density at radius 1 is 1.00 bits per heavy atom. The van der Waals surface area contributed by atoms with Crippen molar-refractivity contribution < 1.29 is 9.90 Å². The number of anilines is 1. The van der Waals surface area contributed by atoms with Crippen molar-refractivity contribution in [1.82, 2.24) is 0 Å². The zero-order valence-electron chi connectivity index (χ0n) is 12.5. The number of hydrogen-bond donors (Lipinski definition) is 2. The van der Waals surface area contributed by atoms with Gasteiger partial charge in [0, 0.05) is 12.1 Å². The van der Waals surface area contributed by atoms with Crippen molar-refractivity contribution in [2.75, 3.05) is 5.32 Å². The first-order valence-electron chi connectivity index (χ1n) is 7.76. The van der Waals surface area contributed by atoms with Crippen LogP contribution in [0.15, 0.2) is 24.3 Å². The zero-order chi connectivity index (χ0) is 14.6. The van der Waals surface area contributed by atoms with Crippen molar-refractivity contribution in [3.05, 3.63) is 29.8 Å². The molecule has 1 aromatic carbocycles. The molecule has 0 aliphatic rings. The molecular weight excluding hydrogens is 250 g/mol. The van der Waals surface area contributed by atoms with E-state index in [1.54, 1.807) is 0 Å². The standard InChI is InChI=1S/C17H27NO2/c1-2-3-4-5-6-7-8-9-17(20)18-16-12-10-15(14-19)11-13-16/h10-13,19H,2-9,14H2,1H3,(H,18,20). The maximum absolute atomic E-state index is 11.7. The van der Waals surface area contributed by atoms with Crippen LogP contribution in [-0.2, 0) is 11.4 Å². The fourth-order valence-electron chi connectivity index (χ4n) is 2.16. The van der Waals surface area contributed by atoms with Crippen LogP contribution >= 0.6 is 0 Å². The van der Waals surface area contributed by atoms with Crippen LogP contribution in [0.25, 0.3) is 0 Å². The summed E-state index contributed by atoms with van der Waals surface area (Å²) >= 11 is 0. The van der Waals surface area contributed by atoms with E-state index in [0.717, 1.165) is 24.1 Å². The van der Waals surface area contributed by atoms with E-state index < -0.39 is 0 Å². The summed E-state index contributed by atoms with van der Waals surface area (Å²) in [6, 6.07) is 7.30. The van der Waals surface area contributed by atoms with Gasteiger partial charge in [-0.1, -0.05) is 57.6 Å². The van der Waals surface area contributed by atoms with Crippen molar-refractivity contribution in [2.45, 2.75) is 64.9 Å². The number of unbranched alkanes of at least 4 members (excludes halogenated alkanes) is 6. The average molecular weight is 277 g/mol. The topological polar surface area (TPSA) is 49.3 Å². The van der Waals surface area contributed by atoms with E-state index in [9.17, 15) is 4.79 Å². The predicted molar refractivity (Wildman–Crippen MR) is 83.6 cm³/mol. The molecule has 0 aromatic heterocycles. The first kappa shape index (κ1) is 16.7. The number of nitrogens with one attached hydrogen (secondary N) is 1. The van der Waals surface area contributed by atoms with Gasteiger partial charge in [-0.05, 0) is 24.1 Å². The highest BCUT2D eigenvalue weighted by atomic mass is 16.3. The molecule has 20 heavy (non-hydrogen) atoms. The number of carbonyl (C=O) groups excluding carboxylic acids is 1. The Hall–Kier alpha value is -1.35. The molecule has 2 N–H and O–H groups in total. The minimum Gasteiger partial charge on any atom is -0.392 e. The van der Waals surface area contributed by atoms with Gasteiger partial charge in [0.1, 0.15) is 0 Å². The molecule has 0 spiro atoms. The van der Waals surface area contributed by atoms with E-state index in [4.69, 9.17) is 5.11 Å². The maximum Gasteiger partial charge on any atom is 0.224 e. The third-order valence-corrected chi connectivity index (χ3v) is 3.43. The SMILES string of the molecule is CCCCCCCCCC(=O)Nc1ccc(CO)cc1. The van der Waals surface area contributed by atoms with Gasteiger partial charge in [-0.15, -0.1) is 0 Å². The molecule has 0 fully saturated rings. The van der Waals surface area contributed by atoms with Gasteiger partial charge in [-0.2, -0.15) is 0 Å². The fraction of sp³-hybridized carbons (Fsp3) is 0.588. The van der Waals surface area contributed by atoms with Crippen LogP contribution < -0.4 is 5.32 Å². The molecule has 1 amide bonds. The predicted octanol–water partition coefficient (Wildman–Crippen LogP) is 4.26. The van der Waals surface area contributed by atoms with E-state index in [1.807, 2.05) is 24.3 Å². The molecule has 0 atom stereocenters. The highest BCUT2D eigenvalue weighted by Crippen LogP contribution is 2.12. The van der Waals surface area contributed by atoms with Gasteiger partial charge in [0.05, 0.1) is 6.61 Å². The summed E-state index contributed by atoms with van der Waals surface area (Å²) in [4.78, 5) is 11.7. The lowest BCUT2D eigenvalue weighted by Gasteiger charge is -2.06. The third kappa shape index (κ3) is 7.29. The summed E-state index contributed by atoms with van der Waals surface area (Å²) in [6.45, 7) is 2.25. The molecule has 1 rings (SSSR count). The lowest BCUT2D eigenvalue weighted by atomic mass is 10.1. The fourth-order valence-corrected chi connectivity index (χ4v) is 2.16. The summed E-state index contributed by atoms with van der Waals surface area (Å²) in [5.74, 6) is 0.0790. The quantitative estimate of drug-likeness (QED) is 0.628. The van der Waals surface area contributed by atoms with Crippen LogP contribution in [0.3, 0.4) is 0 Å². The lowest BCUT2D eigenvalue weighted by molar-refractivity contribution is -0.116. The van der Waals surface area contributed by atoms with E-state index in [1.165, 1.54) is 32.1 Å². The largest absolute Gasteiger partial charge is 0.392 e. The van der Waals surface area contributed by atoms with E-state index in [-0.39, 0.29) is 12.5 Å². The van der Waals surface area contributed by atoms with Gasteiger partial charge in [-0.25, -0.2) is 0 Å². The van der Waals surface area contributed by atoms with Gasteiger partial charge in [0.15, 0.2) is 0 Å². The Balaban J connectivity index is 2.10. The number of amides is 1. The molecule has 0 bridgehead atoms. The van der Waals surface area contributed by atoms with E-state index in [2.05, 4.69) is 12.2 Å². The van der Waals surface area contributed by atoms with Crippen LogP contribution in [0.2, 0.25) is 0 Å². The van der Waals surface area contributed by atoms with Crippen molar-refractivity contribution >= 4 is 11.6 Å². The van der Waals surface area contributed by atoms with Gasteiger partial charge in [-0.3, -0.25) is 4.79 Å². The highest BCUT2D eigenvalue weighted by Gasteiger charge is 2.02. The Morgan fingerprint density at radius 2 is 1.60 bits per heavy atom. The van der Waals surface area contributed by atoms with Gasteiger partial charge < -0.3 is 10.4 Å². The molecule has 0 radical (unpaired) electrons. The first-order chi connectivity index (χ1) is 9.76. The van der Waals surface area contributed by atoms with Crippen LogP contribution in [0.1, 0.15) is 63.9 Å². The maximum atomic E-state index is 11.7. The summed E-state index contributed by atoms with van der Waals surface area (Å²) in [5.41, 5.74) is 1.66. The highest BCUT2D eigenvalue weighted by molar-refractivity contribution is 5.90. The second-order valence-corrected chi connectivity index (χ2v) is 5.27. The molecule has 0 saturated carbocycles. The minimum absolute atomic E-state index is 0.0340. The molecule has 1 aromatic rings. The van der Waals surface area contributed by atoms with E-state index in [0.29, 0.717) is 6.42 Å². The second-order valence-electron chi connectivity index (χ2n) is 5.27. The molecule has 0 aliphatic heterocycles. The van der Waals surface area contributed by atoms with E-state index >= 15 is 0 Å². The molecule has 0 heterocycles. The molecular formula is C17H27NO2. The molecule has 3 heteroatoms. The molecule has 0 unspecified atom stereocenters. The average Bonchev–Trinajstić information content (AvgIpc) is 2.47. The summed E-state index contributed by atoms with van der Waals surface area (Å²) in [5, 5.41) is 11.8. The molecule has 0 aliphatic carbocycles. The Bertz CT molecular complexity index is 373. The van der Waals surface area contributed by atoms with Crippen molar-refractivity contribution in [2.24, 2.45) is 0 Å². The van der Waals surface area contributed by atoms with Crippen LogP contribution in [-0.4, -0.2) is 11.0 Å². The van der Waals surface area contributed by atoms with Crippen LogP contribution in [0.4, 0.5) is 5.69 Å². The van der Waals surface area contributed by atoms with Crippen molar-refractivity contribution in [3.63, 3.8) is 0 Å². The lowest BCUT2D eigenvalue weighted by Crippen LogP contribution is -2.10. The summed E-state index contributed by atoms with van der Waals surface area (Å²) < 4.78 is 0. The number of aliphatic hydroxyl groups is 1. The Labute approximate surface area is 122 Å². The molecule has 3 nitrogen and oxygen atoms in total. The number of rotatable bonds is 10. The minimum atomic E-state index is 0.0340. The number of aliphatic hydroxyl groups excluding tert-OH is 1. The summed E-state index contributed by atoms with van der Waals surface area (Å²) in [7, 11) is 0. The normalized spacial score (nSPS) is 10.5. The van der Waals surface area contributed by atoms with Gasteiger partial charge >= 0.3 is 0 Å². The smallest absolute Gasteiger partial charge is 0.224 e. The van der Waals surface area contributed by atoms with Crippen LogP contribution in [0, 0.1) is 0 Å². The Kier molecular flexibility index (Phi) is 8.72. The number of hydrogen-bond acceptors (Lipinski definition) is 2. The van der Waals surface area contributed by atoms with Gasteiger partial charge in [0.25, 0.3) is 0 Å². The zero-order valence-corrected chi connectivity index (χ0v) is 12.5. The number of carbonyl (C=O) groups is 1. The molecule has 0 saturated heterocycles. The number of benzene rings is 1. The van der Waals surface area contributed by atoms with Crippen molar-refractivity contribution in [3.8, 4) is 0 Å².